The van der Waals surface area contributed by atoms with E-state index in [-0.39, 0.29) is 6.04 Å². The molecule has 0 radical (unpaired) electrons. The quantitative estimate of drug-likeness (QED) is 0.723. The molecule has 0 saturated carbocycles. The van der Waals surface area contributed by atoms with Crippen LogP contribution in [0.25, 0.3) is 11.1 Å². The first-order chi connectivity index (χ1) is 8.24. The van der Waals surface area contributed by atoms with Gasteiger partial charge in [0.15, 0.2) is 5.58 Å². The fourth-order valence-electron chi connectivity index (χ4n) is 1.95. The third-order valence-corrected chi connectivity index (χ3v) is 2.88. The van der Waals surface area contributed by atoms with Gasteiger partial charge in [0.25, 0.3) is 0 Å². The standard InChI is InChI=1S/C12H17N3O2/c1-13-6-5-9(14-2)8-3-4-10-11(7-8)17-12(16)15-10/h3-4,7,9,13-14H,5-6H2,1-2H3,(H,15,16). The van der Waals surface area contributed by atoms with Gasteiger partial charge in [-0.1, -0.05) is 6.07 Å². The van der Waals surface area contributed by atoms with Gasteiger partial charge in [-0.15, -0.1) is 0 Å². The van der Waals surface area contributed by atoms with E-state index in [1.807, 2.05) is 32.3 Å². The highest BCUT2D eigenvalue weighted by molar-refractivity contribution is 5.72. The van der Waals surface area contributed by atoms with Crippen molar-refractivity contribution in [1.82, 2.24) is 15.6 Å². The number of hydrogen-bond acceptors (Lipinski definition) is 4. The molecule has 2 aromatic rings. The Morgan fingerprint density at radius 3 is 2.94 bits per heavy atom. The fraction of sp³-hybridized carbons (Fsp3) is 0.417. The van der Waals surface area contributed by atoms with Crippen molar-refractivity contribution in [2.45, 2.75) is 12.5 Å². The van der Waals surface area contributed by atoms with Crippen molar-refractivity contribution in [2.24, 2.45) is 0 Å². The smallest absolute Gasteiger partial charge is 0.408 e. The second-order valence-corrected chi connectivity index (χ2v) is 4.00. The number of nitrogens with one attached hydrogen (secondary N) is 3. The summed E-state index contributed by atoms with van der Waals surface area (Å²) < 4.78 is 5.05. The van der Waals surface area contributed by atoms with Crippen molar-refractivity contribution < 1.29 is 4.42 Å². The van der Waals surface area contributed by atoms with Crippen LogP contribution in [-0.2, 0) is 0 Å². The van der Waals surface area contributed by atoms with Gasteiger partial charge < -0.3 is 15.1 Å². The molecule has 0 spiro atoms. The van der Waals surface area contributed by atoms with Crippen molar-refractivity contribution in [1.29, 1.82) is 0 Å². The summed E-state index contributed by atoms with van der Waals surface area (Å²) in [4.78, 5) is 13.7. The van der Waals surface area contributed by atoms with Crippen LogP contribution in [0.1, 0.15) is 18.0 Å². The van der Waals surface area contributed by atoms with Crippen molar-refractivity contribution in [3.05, 3.63) is 34.3 Å². The summed E-state index contributed by atoms with van der Waals surface area (Å²) in [6.45, 7) is 0.931. The maximum Gasteiger partial charge on any atom is 0.417 e. The molecule has 1 aromatic carbocycles. The highest BCUT2D eigenvalue weighted by atomic mass is 16.4. The third kappa shape index (κ3) is 2.57. The number of aromatic amines is 1. The van der Waals surface area contributed by atoms with Crippen LogP contribution in [-0.4, -0.2) is 25.6 Å². The van der Waals surface area contributed by atoms with Crippen LogP contribution in [0.5, 0.6) is 0 Å². The van der Waals surface area contributed by atoms with Crippen molar-refractivity contribution in [3.8, 4) is 0 Å². The lowest BCUT2D eigenvalue weighted by atomic mass is 10.0. The summed E-state index contributed by atoms with van der Waals surface area (Å²) in [6, 6.07) is 6.04. The van der Waals surface area contributed by atoms with Crippen molar-refractivity contribution >= 4 is 11.1 Å². The Bertz CT molecular complexity index is 544. The number of benzene rings is 1. The van der Waals surface area contributed by atoms with Crippen molar-refractivity contribution in [2.75, 3.05) is 20.6 Å². The molecule has 1 unspecified atom stereocenters. The zero-order valence-electron chi connectivity index (χ0n) is 10.0. The normalized spacial score (nSPS) is 13.1. The molecule has 2 rings (SSSR count). The van der Waals surface area contributed by atoms with Gasteiger partial charge in [0.2, 0.25) is 0 Å². The molecule has 1 heterocycles. The van der Waals surface area contributed by atoms with E-state index in [0.717, 1.165) is 24.0 Å². The molecule has 0 aliphatic heterocycles. The Labute approximate surface area is 99.2 Å². The molecule has 92 valence electrons. The minimum absolute atomic E-state index is 0.257. The Kier molecular flexibility index (Phi) is 3.61. The summed E-state index contributed by atoms with van der Waals surface area (Å²) in [6.07, 6.45) is 0.979. The summed E-state index contributed by atoms with van der Waals surface area (Å²) >= 11 is 0. The van der Waals surface area contributed by atoms with Crippen LogP contribution >= 0.6 is 0 Å². The van der Waals surface area contributed by atoms with Crippen LogP contribution in [0.4, 0.5) is 0 Å². The predicted octanol–water partition coefficient (Wildman–Crippen LogP) is 0.991. The highest BCUT2D eigenvalue weighted by Crippen LogP contribution is 2.20. The van der Waals surface area contributed by atoms with E-state index in [9.17, 15) is 4.79 Å². The lowest BCUT2D eigenvalue weighted by Crippen LogP contribution is -2.21. The highest BCUT2D eigenvalue weighted by Gasteiger charge is 2.10. The van der Waals surface area contributed by atoms with Gasteiger partial charge in [0, 0.05) is 6.04 Å². The molecular formula is C12H17N3O2. The maximum absolute atomic E-state index is 11.1. The number of rotatable bonds is 5. The lowest BCUT2D eigenvalue weighted by molar-refractivity contribution is 0.529. The van der Waals surface area contributed by atoms with E-state index in [1.54, 1.807) is 0 Å². The first-order valence-corrected chi connectivity index (χ1v) is 5.69. The summed E-state index contributed by atoms with van der Waals surface area (Å²) in [5.41, 5.74) is 2.47. The molecular weight excluding hydrogens is 218 g/mol. The van der Waals surface area contributed by atoms with Gasteiger partial charge in [-0.25, -0.2) is 4.79 Å². The Balaban J connectivity index is 2.30. The first kappa shape index (κ1) is 11.9. The second-order valence-electron chi connectivity index (χ2n) is 4.00. The molecule has 0 bridgehead atoms. The number of fused-ring (bicyclic) bond motifs is 1. The van der Waals surface area contributed by atoms with Crippen LogP contribution < -0.4 is 16.4 Å². The van der Waals surface area contributed by atoms with E-state index in [4.69, 9.17) is 4.42 Å². The number of hydrogen-bond donors (Lipinski definition) is 3. The molecule has 0 amide bonds. The molecule has 17 heavy (non-hydrogen) atoms. The Morgan fingerprint density at radius 1 is 1.41 bits per heavy atom. The summed E-state index contributed by atoms with van der Waals surface area (Å²) in [5.74, 6) is -0.409. The number of aromatic nitrogens is 1. The molecule has 0 aliphatic carbocycles. The van der Waals surface area contributed by atoms with Gasteiger partial charge in [0.1, 0.15) is 0 Å². The molecule has 0 fully saturated rings. The monoisotopic (exact) mass is 235 g/mol. The van der Waals surface area contributed by atoms with Gasteiger partial charge in [-0.05, 0) is 44.8 Å². The molecule has 0 aliphatic rings. The lowest BCUT2D eigenvalue weighted by Gasteiger charge is -2.16. The first-order valence-electron chi connectivity index (χ1n) is 5.69. The van der Waals surface area contributed by atoms with Gasteiger partial charge >= 0.3 is 5.76 Å². The average molecular weight is 235 g/mol. The molecule has 1 aromatic heterocycles. The van der Waals surface area contributed by atoms with Gasteiger partial charge in [-0.3, -0.25) is 4.98 Å². The van der Waals surface area contributed by atoms with E-state index in [1.165, 1.54) is 0 Å². The predicted molar refractivity (Wildman–Crippen MR) is 67.2 cm³/mol. The van der Waals surface area contributed by atoms with E-state index in [0.29, 0.717) is 5.58 Å². The van der Waals surface area contributed by atoms with Crippen LogP contribution in [0, 0.1) is 0 Å². The Hall–Kier alpha value is -1.59. The summed E-state index contributed by atoms with van der Waals surface area (Å²) in [7, 11) is 3.86. The second kappa shape index (κ2) is 5.16. The van der Waals surface area contributed by atoms with Crippen molar-refractivity contribution in [3.63, 3.8) is 0 Å². The minimum atomic E-state index is -0.409. The van der Waals surface area contributed by atoms with Gasteiger partial charge in [0.05, 0.1) is 5.52 Å². The zero-order valence-corrected chi connectivity index (χ0v) is 10.0. The van der Waals surface area contributed by atoms with E-state index in [2.05, 4.69) is 15.6 Å². The molecule has 5 heteroatoms. The largest absolute Gasteiger partial charge is 0.417 e. The number of oxazole rings is 1. The fourth-order valence-corrected chi connectivity index (χ4v) is 1.95. The Morgan fingerprint density at radius 2 is 2.24 bits per heavy atom. The number of H-pyrrole nitrogens is 1. The van der Waals surface area contributed by atoms with Crippen LogP contribution in [0.15, 0.2) is 27.4 Å². The third-order valence-electron chi connectivity index (χ3n) is 2.88. The molecule has 3 N–H and O–H groups in total. The topological polar surface area (TPSA) is 70.1 Å². The molecule has 1 atom stereocenters. The maximum atomic E-state index is 11.1. The van der Waals surface area contributed by atoms with Gasteiger partial charge in [-0.2, -0.15) is 0 Å². The van der Waals surface area contributed by atoms with Crippen LogP contribution in [0.3, 0.4) is 0 Å². The SMILES string of the molecule is CNCCC(NC)c1ccc2[nH]c(=O)oc2c1. The average Bonchev–Trinajstić information content (AvgIpc) is 2.69. The minimum Gasteiger partial charge on any atom is -0.408 e. The molecule has 0 saturated heterocycles. The van der Waals surface area contributed by atoms with E-state index < -0.39 is 5.76 Å². The molecule has 5 nitrogen and oxygen atoms in total. The van der Waals surface area contributed by atoms with E-state index >= 15 is 0 Å². The zero-order chi connectivity index (χ0) is 12.3. The van der Waals surface area contributed by atoms with Crippen LogP contribution in [0.2, 0.25) is 0 Å². The summed E-state index contributed by atoms with van der Waals surface area (Å²) in [5, 5.41) is 6.38.